The SMILES string of the molecule is C1=CC2=CC=C(CC2)N1.Fc1ccc2c(c1)-c1ccc3c(c1CC2Cc1ccc(C(F)(F)F)c(F)c1)CCC=C3. The van der Waals surface area contributed by atoms with Crippen molar-refractivity contribution in [3.05, 3.63) is 135 Å². The molecule has 0 fully saturated rings. The molecule has 0 amide bonds. The average molecular weight is 546 g/mol. The number of allylic oxidation sites excluding steroid dienone is 6. The highest BCUT2D eigenvalue weighted by Crippen LogP contribution is 2.44. The number of benzene rings is 3. The molecule has 2 bridgehead atoms. The van der Waals surface area contributed by atoms with E-state index in [1.165, 1.54) is 47.9 Å². The van der Waals surface area contributed by atoms with Crippen LogP contribution in [0.15, 0.2) is 90.3 Å². The second-order valence-electron chi connectivity index (χ2n) is 10.7. The van der Waals surface area contributed by atoms with Crippen LogP contribution in [0.3, 0.4) is 0 Å². The van der Waals surface area contributed by atoms with Gasteiger partial charge in [-0.3, -0.25) is 0 Å². The van der Waals surface area contributed by atoms with E-state index in [4.69, 9.17) is 0 Å². The molecule has 0 saturated heterocycles. The Morgan fingerprint density at radius 2 is 1.70 bits per heavy atom. The minimum atomic E-state index is -4.72. The normalized spacial score (nSPS) is 18.3. The molecule has 3 aliphatic carbocycles. The van der Waals surface area contributed by atoms with E-state index in [0.29, 0.717) is 18.4 Å². The highest BCUT2D eigenvalue weighted by atomic mass is 19.4. The minimum absolute atomic E-state index is 0.0726. The van der Waals surface area contributed by atoms with E-state index in [-0.39, 0.29) is 11.7 Å². The first-order chi connectivity index (χ1) is 19.3. The first kappa shape index (κ1) is 26.3. The lowest BCUT2D eigenvalue weighted by Crippen LogP contribution is -2.17. The molecular formula is C34H28F5N. The van der Waals surface area contributed by atoms with Crippen LogP contribution in [0, 0.1) is 11.6 Å². The summed E-state index contributed by atoms with van der Waals surface area (Å²) in [5.41, 5.74) is 8.36. The molecule has 1 unspecified atom stereocenters. The fraction of sp³-hybridized carbons (Fsp3) is 0.235. The van der Waals surface area contributed by atoms with Gasteiger partial charge in [-0.2, -0.15) is 13.2 Å². The molecule has 5 aliphatic rings. The predicted octanol–water partition coefficient (Wildman–Crippen LogP) is 9.20. The van der Waals surface area contributed by atoms with Gasteiger partial charge >= 0.3 is 6.18 Å². The predicted molar refractivity (Wildman–Crippen MR) is 148 cm³/mol. The van der Waals surface area contributed by atoms with Crippen LogP contribution in [0.25, 0.3) is 17.2 Å². The number of fused-ring (bicyclic) bond motifs is 8. The van der Waals surface area contributed by atoms with E-state index < -0.39 is 17.6 Å². The first-order valence-electron chi connectivity index (χ1n) is 13.6. The number of rotatable bonds is 2. The number of alkyl halides is 3. The molecule has 0 saturated carbocycles. The molecular weight excluding hydrogens is 517 g/mol. The summed E-state index contributed by atoms with van der Waals surface area (Å²) in [5.74, 6) is -1.66. The maximum atomic E-state index is 14.1. The zero-order chi connectivity index (χ0) is 27.9. The molecule has 40 heavy (non-hydrogen) atoms. The van der Waals surface area contributed by atoms with Crippen molar-refractivity contribution in [3.63, 3.8) is 0 Å². The summed E-state index contributed by atoms with van der Waals surface area (Å²) < 4.78 is 67.0. The largest absolute Gasteiger partial charge is 0.419 e. The second kappa shape index (κ2) is 10.6. The molecule has 0 radical (unpaired) electrons. The molecule has 1 atom stereocenters. The zero-order valence-electron chi connectivity index (χ0n) is 21.8. The fourth-order valence-corrected chi connectivity index (χ4v) is 6.11. The third-order valence-electron chi connectivity index (χ3n) is 8.09. The summed E-state index contributed by atoms with van der Waals surface area (Å²) in [6.45, 7) is 0. The van der Waals surface area contributed by atoms with Crippen molar-refractivity contribution in [2.45, 2.75) is 50.6 Å². The van der Waals surface area contributed by atoms with Gasteiger partial charge in [-0.1, -0.05) is 42.5 Å². The number of nitrogens with one attached hydrogen (secondary N) is 1. The zero-order valence-corrected chi connectivity index (χ0v) is 21.8. The van der Waals surface area contributed by atoms with Crippen LogP contribution in [-0.4, -0.2) is 0 Å². The summed E-state index contributed by atoms with van der Waals surface area (Å²) in [4.78, 5) is 0. The Kier molecular flexibility index (Phi) is 6.95. The maximum absolute atomic E-state index is 14.1. The lowest BCUT2D eigenvalue weighted by Gasteiger charge is -2.31. The van der Waals surface area contributed by atoms with E-state index in [2.05, 4.69) is 41.8 Å². The lowest BCUT2D eigenvalue weighted by molar-refractivity contribution is -0.140. The molecule has 1 N–H and O–H groups in total. The van der Waals surface area contributed by atoms with Crippen molar-refractivity contribution in [1.82, 2.24) is 5.32 Å². The first-order valence-corrected chi connectivity index (χ1v) is 13.6. The molecule has 0 aromatic heterocycles. The average Bonchev–Trinajstić information content (AvgIpc) is 3.31. The highest BCUT2D eigenvalue weighted by Gasteiger charge is 2.34. The summed E-state index contributed by atoms with van der Waals surface area (Å²) >= 11 is 0. The van der Waals surface area contributed by atoms with Crippen molar-refractivity contribution in [2.24, 2.45) is 0 Å². The second-order valence-corrected chi connectivity index (χ2v) is 10.7. The Morgan fingerprint density at radius 3 is 2.48 bits per heavy atom. The Morgan fingerprint density at radius 1 is 0.825 bits per heavy atom. The van der Waals surface area contributed by atoms with E-state index in [9.17, 15) is 22.0 Å². The lowest BCUT2D eigenvalue weighted by atomic mass is 9.73. The van der Waals surface area contributed by atoms with Gasteiger partial charge in [0.1, 0.15) is 11.6 Å². The van der Waals surface area contributed by atoms with Gasteiger partial charge in [0.25, 0.3) is 0 Å². The van der Waals surface area contributed by atoms with Crippen molar-refractivity contribution in [2.75, 3.05) is 0 Å². The summed E-state index contributed by atoms with van der Waals surface area (Å²) in [7, 11) is 0. The van der Waals surface area contributed by atoms with Crippen LogP contribution in [0.4, 0.5) is 22.0 Å². The Hall–Kier alpha value is -3.93. The molecule has 3 aromatic carbocycles. The van der Waals surface area contributed by atoms with E-state index in [0.717, 1.165) is 52.8 Å². The van der Waals surface area contributed by atoms with Gasteiger partial charge in [0.15, 0.2) is 0 Å². The van der Waals surface area contributed by atoms with E-state index >= 15 is 0 Å². The van der Waals surface area contributed by atoms with Gasteiger partial charge in [0.2, 0.25) is 0 Å². The van der Waals surface area contributed by atoms with Gasteiger partial charge in [-0.25, -0.2) is 8.78 Å². The Bertz CT molecular complexity index is 1590. The number of hydrogen-bond donors (Lipinski definition) is 1. The van der Waals surface area contributed by atoms with Gasteiger partial charge in [-0.15, -0.1) is 0 Å². The maximum Gasteiger partial charge on any atom is 0.419 e. The topological polar surface area (TPSA) is 12.0 Å². The van der Waals surface area contributed by atoms with Crippen LogP contribution in [0.5, 0.6) is 0 Å². The van der Waals surface area contributed by atoms with E-state index in [1.807, 2.05) is 12.3 Å². The molecule has 204 valence electrons. The third kappa shape index (κ3) is 5.27. The summed E-state index contributed by atoms with van der Waals surface area (Å²) in [6, 6.07) is 11.9. The van der Waals surface area contributed by atoms with Crippen LogP contribution in [0.1, 0.15) is 58.6 Å². The van der Waals surface area contributed by atoms with Crippen LogP contribution in [0.2, 0.25) is 0 Å². The minimum Gasteiger partial charge on any atom is -0.365 e. The molecule has 3 aromatic rings. The third-order valence-corrected chi connectivity index (χ3v) is 8.09. The van der Waals surface area contributed by atoms with Gasteiger partial charge in [0.05, 0.1) is 5.56 Å². The molecule has 2 aliphatic heterocycles. The molecule has 1 nitrogen and oxygen atoms in total. The van der Waals surface area contributed by atoms with E-state index in [1.54, 1.807) is 6.07 Å². The highest BCUT2D eigenvalue weighted by molar-refractivity contribution is 5.78. The van der Waals surface area contributed by atoms with Crippen molar-refractivity contribution < 1.29 is 22.0 Å². The number of hydrogen-bond acceptors (Lipinski definition) is 1. The van der Waals surface area contributed by atoms with Gasteiger partial charge in [0, 0.05) is 11.9 Å². The fourth-order valence-electron chi connectivity index (χ4n) is 6.11. The van der Waals surface area contributed by atoms with Crippen molar-refractivity contribution >= 4 is 6.08 Å². The summed E-state index contributed by atoms with van der Waals surface area (Å²) in [5, 5.41) is 3.20. The Labute approximate surface area is 230 Å². The molecule has 8 rings (SSSR count). The molecule has 2 heterocycles. The van der Waals surface area contributed by atoms with Crippen LogP contribution < -0.4 is 5.32 Å². The number of halogens is 5. The van der Waals surface area contributed by atoms with Crippen LogP contribution in [-0.2, 0) is 25.4 Å². The molecule has 6 heteroatoms. The van der Waals surface area contributed by atoms with Crippen LogP contribution >= 0.6 is 0 Å². The van der Waals surface area contributed by atoms with Crippen molar-refractivity contribution in [3.8, 4) is 11.1 Å². The monoisotopic (exact) mass is 545 g/mol. The summed E-state index contributed by atoms with van der Waals surface area (Å²) in [6.07, 6.45) is 13.3. The van der Waals surface area contributed by atoms with Gasteiger partial charge < -0.3 is 5.32 Å². The molecule has 0 spiro atoms. The van der Waals surface area contributed by atoms with Gasteiger partial charge in [-0.05, 0) is 125 Å². The Balaban J connectivity index is 0.000000271. The smallest absolute Gasteiger partial charge is 0.365 e. The quantitative estimate of drug-likeness (QED) is 0.317. The standard InChI is InChI=1S/C26H19F5.C8H9N/c27-18-7-9-20-17(11-15-5-10-24(25(28)12-15)26(29,30)31)13-22-19-4-2-1-3-16(19)6-8-21(22)23(20)14-18;1-3-8-4-2-7(1)5-6-9-8/h1,3,5-10,12,14,17H,2,4,11,13H2;1,3,5-6,9H,2,4H2. The van der Waals surface area contributed by atoms with Crippen molar-refractivity contribution in [1.29, 1.82) is 0 Å².